The van der Waals surface area contributed by atoms with E-state index in [-0.39, 0.29) is 26.5 Å². The minimum Gasteiger partial charge on any atom is -0.509 e. The van der Waals surface area contributed by atoms with E-state index in [1.165, 1.54) is 0 Å². The van der Waals surface area contributed by atoms with E-state index in [0.29, 0.717) is 11.5 Å². The third-order valence-electron chi connectivity index (χ3n) is 8.18. The summed E-state index contributed by atoms with van der Waals surface area (Å²) in [5, 5.41) is 7.20. The number of fused-ring (bicyclic) bond motifs is 3. The standard InChI is InChI=1S/C39H34N4O.Pt/c1-25-18-19-40-37(20-25)42-35-15-11-10-14-33(35)34-17-16-31(24-36(34)42)44-32-22-29(39(4,5)6)21-30(23-32)43-27(3)38(26(2)41-43)28-12-8-7-9-13-28;/h7-22H,1-6H3;/q-2;+2. The molecule has 0 aliphatic rings. The summed E-state index contributed by atoms with van der Waals surface area (Å²) in [6, 6.07) is 38.3. The van der Waals surface area contributed by atoms with E-state index in [2.05, 4.69) is 131 Å². The van der Waals surface area contributed by atoms with Crippen LogP contribution in [0, 0.1) is 32.9 Å². The number of hydrogen-bond donors (Lipinski definition) is 0. The molecule has 0 saturated carbocycles. The molecule has 0 spiro atoms. The van der Waals surface area contributed by atoms with Crippen LogP contribution >= 0.6 is 0 Å². The van der Waals surface area contributed by atoms with E-state index in [1.807, 2.05) is 29.1 Å². The van der Waals surface area contributed by atoms with Crippen LogP contribution in [0.3, 0.4) is 0 Å². The zero-order valence-corrected chi connectivity index (χ0v) is 28.5. The third-order valence-corrected chi connectivity index (χ3v) is 8.18. The molecular formula is C39H34N4OPt. The number of para-hydroxylation sites is 1. The summed E-state index contributed by atoms with van der Waals surface area (Å²) in [5.74, 6) is 2.08. The second-order valence-electron chi connectivity index (χ2n) is 12.4. The first kappa shape index (κ1) is 30.6. The first-order chi connectivity index (χ1) is 21.2. The van der Waals surface area contributed by atoms with Crippen molar-refractivity contribution in [3.8, 4) is 34.1 Å². The number of rotatable bonds is 5. The first-order valence-electron chi connectivity index (χ1n) is 14.9. The van der Waals surface area contributed by atoms with E-state index in [1.54, 1.807) is 0 Å². The molecule has 0 aliphatic heterocycles. The van der Waals surface area contributed by atoms with Crippen LogP contribution < -0.4 is 4.74 Å². The zero-order valence-electron chi connectivity index (χ0n) is 26.3. The van der Waals surface area contributed by atoms with Gasteiger partial charge >= 0.3 is 21.1 Å². The number of aromatic nitrogens is 4. The van der Waals surface area contributed by atoms with Crippen LogP contribution in [0.5, 0.6) is 11.5 Å². The van der Waals surface area contributed by atoms with Gasteiger partial charge in [-0.15, -0.1) is 41.3 Å². The van der Waals surface area contributed by atoms with Crippen LogP contribution in [-0.2, 0) is 26.5 Å². The summed E-state index contributed by atoms with van der Waals surface area (Å²) in [5.41, 5.74) is 9.33. The van der Waals surface area contributed by atoms with Gasteiger partial charge in [-0.05, 0) is 66.6 Å². The molecule has 0 atom stereocenters. The molecule has 3 aromatic heterocycles. The fourth-order valence-corrected chi connectivity index (χ4v) is 5.96. The van der Waals surface area contributed by atoms with E-state index in [4.69, 9.17) is 14.8 Å². The van der Waals surface area contributed by atoms with Gasteiger partial charge in [-0.2, -0.15) is 11.2 Å². The van der Waals surface area contributed by atoms with Gasteiger partial charge in [0.25, 0.3) is 0 Å². The maximum Gasteiger partial charge on any atom is 2.00 e. The van der Waals surface area contributed by atoms with Crippen molar-refractivity contribution >= 4 is 21.8 Å². The Hall–Kier alpha value is -4.47. The smallest absolute Gasteiger partial charge is 0.509 e. The van der Waals surface area contributed by atoms with Crippen LogP contribution in [0.25, 0.3) is 44.4 Å². The Morgan fingerprint density at radius 1 is 0.756 bits per heavy atom. The number of pyridine rings is 1. The van der Waals surface area contributed by atoms with Gasteiger partial charge < -0.3 is 9.30 Å². The topological polar surface area (TPSA) is 44.9 Å². The fourth-order valence-electron chi connectivity index (χ4n) is 5.96. The number of aryl methyl sites for hydroxylation is 2. The summed E-state index contributed by atoms with van der Waals surface area (Å²) < 4.78 is 10.7. The fraction of sp³-hybridized carbons (Fsp3) is 0.179. The molecule has 4 aromatic carbocycles. The Morgan fingerprint density at radius 2 is 1.51 bits per heavy atom. The maximum atomic E-state index is 6.57. The normalized spacial score (nSPS) is 11.6. The molecule has 45 heavy (non-hydrogen) atoms. The average Bonchev–Trinajstić information content (AvgIpc) is 3.49. The predicted octanol–water partition coefficient (Wildman–Crippen LogP) is 9.64. The summed E-state index contributed by atoms with van der Waals surface area (Å²) in [4.78, 5) is 4.71. The number of benzene rings is 4. The van der Waals surface area contributed by atoms with Gasteiger partial charge in [-0.3, -0.25) is 4.68 Å². The van der Waals surface area contributed by atoms with Crippen molar-refractivity contribution in [3.63, 3.8) is 0 Å². The van der Waals surface area contributed by atoms with Crippen LogP contribution in [0.1, 0.15) is 43.3 Å². The van der Waals surface area contributed by atoms with Crippen LogP contribution in [0.2, 0.25) is 0 Å². The van der Waals surface area contributed by atoms with Crippen molar-refractivity contribution in [1.82, 2.24) is 19.3 Å². The van der Waals surface area contributed by atoms with Crippen LogP contribution in [0.15, 0.2) is 97.2 Å². The summed E-state index contributed by atoms with van der Waals surface area (Å²) in [6.07, 6.45) is 1.85. The first-order valence-corrected chi connectivity index (χ1v) is 14.9. The molecule has 7 rings (SSSR count). The molecule has 0 amide bonds. The Balaban J connectivity index is 0.00000357. The molecule has 0 fully saturated rings. The van der Waals surface area contributed by atoms with Crippen LogP contribution in [-0.4, -0.2) is 19.3 Å². The monoisotopic (exact) mass is 769 g/mol. The Labute approximate surface area is 278 Å². The van der Waals surface area contributed by atoms with Crippen molar-refractivity contribution in [3.05, 3.63) is 132 Å². The SMILES string of the molecule is Cc1ccnc(-n2c3[c-]c(Oc4[c-]c(-n5nc(C)c(-c6ccccc6)c5C)cc(C(C)(C)C)c4)ccc3c3ccccc32)c1.[Pt+2]. The minimum absolute atomic E-state index is 0. The molecule has 0 saturated heterocycles. The summed E-state index contributed by atoms with van der Waals surface area (Å²) in [6.45, 7) is 12.9. The second-order valence-corrected chi connectivity index (χ2v) is 12.4. The van der Waals surface area contributed by atoms with Gasteiger partial charge in [0.05, 0.1) is 5.69 Å². The van der Waals surface area contributed by atoms with E-state index < -0.39 is 0 Å². The molecule has 226 valence electrons. The van der Waals surface area contributed by atoms with Gasteiger partial charge in [0, 0.05) is 34.5 Å². The molecule has 0 radical (unpaired) electrons. The van der Waals surface area contributed by atoms with Crippen LogP contribution in [0.4, 0.5) is 0 Å². The van der Waals surface area contributed by atoms with Crippen molar-refractivity contribution < 1.29 is 25.8 Å². The molecule has 0 aliphatic carbocycles. The maximum absolute atomic E-state index is 6.57. The summed E-state index contributed by atoms with van der Waals surface area (Å²) >= 11 is 0. The van der Waals surface area contributed by atoms with E-state index >= 15 is 0 Å². The van der Waals surface area contributed by atoms with Gasteiger partial charge in [-0.25, -0.2) is 4.98 Å². The minimum atomic E-state index is -0.114. The van der Waals surface area contributed by atoms with Gasteiger partial charge in [0.1, 0.15) is 5.82 Å². The van der Waals surface area contributed by atoms with Crippen molar-refractivity contribution in [2.45, 2.75) is 47.0 Å². The van der Waals surface area contributed by atoms with Crippen molar-refractivity contribution in [2.24, 2.45) is 0 Å². The van der Waals surface area contributed by atoms with Crippen molar-refractivity contribution in [1.29, 1.82) is 0 Å². The Morgan fingerprint density at radius 3 is 2.27 bits per heavy atom. The molecule has 6 heteroatoms. The molecule has 0 unspecified atom stereocenters. The quantitative estimate of drug-likeness (QED) is 0.164. The number of nitrogens with zero attached hydrogens (tertiary/aromatic N) is 4. The van der Waals surface area contributed by atoms with Gasteiger partial charge in [0.15, 0.2) is 0 Å². The predicted molar refractivity (Wildman–Crippen MR) is 178 cm³/mol. The molecule has 5 nitrogen and oxygen atoms in total. The Bertz CT molecular complexity index is 2170. The molecule has 0 bridgehead atoms. The van der Waals surface area contributed by atoms with Crippen molar-refractivity contribution in [2.75, 3.05) is 0 Å². The van der Waals surface area contributed by atoms with Gasteiger partial charge in [0.2, 0.25) is 0 Å². The third kappa shape index (κ3) is 5.62. The molecule has 7 aromatic rings. The molecular weight excluding hydrogens is 736 g/mol. The summed E-state index contributed by atoms with van der Waals surface area (Å²) in [7, 11) is 0. The van der Waals surface area contributed by atoms with E-state index in [0.717, 1.165) is 67.0 Å². The number of ether oxygens (including phenoxy) is 1. The molecule has 0 N–H and O–H groups in total. The van der Waals surface area contributed by atoms with Gasteiger partial charge in [-0.1, -0.05) is 74.8 Å². The zero-order chi connectivity index (χ0) is 30.6. The largest absolute Gasteiger partial charge is 2.00 e. The number of hydrogen-bond acceptors (Lipinski definition) is 3. The van der Waals surface area contributed by atoms with E-state index in [9.17, 15) is 0 Å². The second kappa shape index (κ2) is 11.8. The average molecular weight is 770 g/mol. The molecule has 3 heterocycles. The Kier molecular flexibility index (Phi) is 8.01.